The van der Waals surface area contributed by atoms with Crippen LogP contribution in [0.25, 0.3) is 0 Å². The third kappa shape index (κ3) is 3.42. The third-order valence-corrected chi connectivity index (χ3v) is 4.42. The van der Waals surface area contributed by atoms with Gasteiger partial charge in [-0.25, -0.2) is 8.78 Å². The van der Waals surface area contributed by atoms with E-state index in [4.69, 9.17) is 0 Å². The Morgan fingerprint density at radius 1 is 1.24 bits per heavy atom. The van der Waals surface area contributed by atoms with Crippen LogP contribution in [0.3, 0.4) is 0 Å². The molecule has 1 N–H and O–H groups in total. The number of thioether (sulfide) groups is 1. The third-order valence-electron chi connectivity index (χ3n) is 3.25. The Labute approximate surface area is 105 Å². The van der Waals surface area contributed by atoms with Gasteiger partial charge in [-0.05, 0) is 36.8 Å². The molecule has 1 saturated carbocycles. The Bertz CT molecular complexity index is 363. The van der Waals surface area contributed by atoms with Crippen LogP contribution in [0, 0.1) is 11.6 Å². The molecule has 0 radical (unpaired) electrons. The summed E-state index contributed by atoms with van der Waals surface area (Å²) in [5.41, 5.74) is 0.675. The van der Waals surface area contributed by atoms with Crippen LogP contribution in [0.4, 0.5) is 8.78 Å². The average Bonchev–Trinajstić information content (AvgIpc) is 2.72. The summed E-state index contributed by atoms with van der Waals surface area (Å²) in [5.74, 6) is -1.01. The van der Waals surface area contributed by atoms with Gasteiger partial charge in [-0.3, -0.25) is 0 Å². The fourth-order valence-electron chi connectivity index (χ4n) is 2.40. The first-order valence-electron chi connectivity index (χ1n) is 5.90. The molecule has 1 aromatic carbocycles. The van der Waals surface area contributed by atoms with Crippen LogP contribution < -0.4 is 5.32 Å². The highest BCUT2D eigenvalue weighted by atomic mass is 32.2. The van der Waals surface area contributed by atoms with E-state index in [0.717, 1.165) is 12.5 Å². The van der Waals surface area contributed by atoms with Crippen molar-refractivity contribution in [2.24, 2.45) is 0 Å². The SMILES string of the molecule is CSC1CCCC1NCc1cc(F)cc(F)c1. The molecule has 0 bridgehead atoms. The predicted octanol–water partition coefficient (Wildman–Crippen LogP) is 3.34. The van der Waals surface area contributed by atoms with E-state index in [9.17, 15) is 8.78 Å². The summed E-state index contributed by atoms with van der Waals surface area (Å²) in [4.78, 5) is 0. The van der Waals surface area contributed by atoms with Gasteiger partial charge >= 0.3 is 0 Å². The van der Waals surface area contributed by atoms with Gasteiger partial charge in [-0.2, -0.15) is 11.8 Å². The minimum absolute atomic E-state index is 0.469. The fourth-order valence-corrected chi connectivity index (χ4v) is 3.37. The quantitative estimate of drug-likeness (QED) is 0.888. The van der Waals surface area contributed by atoms with Gasteiger partial charge in [-0.15, -0.1) is 0 Å². The number of hydrogen-bond acceptors (Lipinski definition) is 2. The van der Waals surface area contributed by atoms with Gasteiger partial charge in [-0.1, -0.05) is 6.42 Å². The lowest BCUT2D eigenvalue weighted by atomic mass is 10.2. The van der Waals surface area contributed by atoms with Crippen molar-refractivity contribution >= 4 is 11.8 Å². The number of hydrogen-bond donors (Lipinski definition) is 1. The summed E-state index contributed by atoms with van der Waals surface area (Å²) < 4.78 is 26.0. The number of rotatable bonds is 4. The van der Waals surface area contributed by atoms with E-state index in [1.807, 2.05) is 11.8 Å². The number of halogens is 2. The second-order valence-corrected chi connectivity index (χ2v) is 5.55. The number of benzene rings is 1. The maximum Gasteiger partial charge on any atom is 0.126 e. The van der Waals surface area contributed by atoms with Crippen LogP contribution in [-0.4, -0.2) is 17.5 Å². The zero-order valence-corrected chi connectivity index (χ0v) is 10.7. The molecule has 94 valence electrons. The molecule has 17 heavy (non-hydrogen) atoms. The van der Waals surface area contributed by atoms with E-state index < -0.39 is 11.6 Å². The molecule has 2 rings (SSSR count). The van der Waals surface area contributed by atoms with E-state index in [-0.39, 0.29) is 0 Å². The van der Waals surface area contributed by atoms with Crippen molar-refractivity contribution in [3.8, 4) is 0 Å². The first-order valence-corrected chi connectivity index (χ1v) is 7.19. The summed E-state index contributed by atoms with van der Waals surface area (Å²) in [6.45, 7) is 0.538. The first kappa shape index (κ1) is 12.8. The molecule has 0 saturated heterocycles. The van der Waals surface area contributed by atoms with Crippen molar-refractivity contribution in [2.75, 3.05) is 6.26 Å². The predicted molar refractivity (Wildman–Crippen MR) is 68.1 cm³/mol. The minimum atomic E-state index is -0.505. The van der Waals surface area contributed by atoms with Crippen LogP contribution in [0.15, 0.2) is 18.2 Å². The van der Waals surface area contributed by atoms with Gasteiger partial charge in [0.25, 0.3) is 0 Å². The van der Waals surface area contributed by atoms with Crippen molar-refractivity contribution in [3.05, 3.63) is 35.4 Å². The molecule has 1 aromatic rings. The van der Waals surface area contributed by atoms with Crippen LogP contribution in [-0.2, 0) is 6.54 Å². The molecule has 1 nitrogen and oxygen atoms in total. The van der Waals surface area contributed by atoms with E-state index in [1.54, 1.807) is 0 Å². The molecule has 0 amide bonds. The zero-order chi connectivity index (χ0) is 12.3. The number of nitrogens with one attached hydrogen (secondary N) is 1. The Hall–Kier alpha value is -0.610. The van der Waals surface area contributed by atoms with E-state index in [2.05, 4.69) is 11.6 Å². The summed E-state index contributed by atoms with van der Waals surface area (Å²) >= 11 is 1.87. The topological polar surface area (TPSA) is 12.0 Å². The average molecular weight is 257 g/mol. The lowest BCUT2D eigenvalue weighted by Gasteiger charge is -2.19. The molecular weight excluding hydrogens is 240 g/mol. The van der Waals surface area contributed by atoms with E-state index >= 15 is 0 Å². The molecule has 1 aliphatic rings. The first-order chi connectivity index (χ1) is 8.19. The molecular formula is C13H17F2NS. The van der Waals surface area contributed by atoms with E-state index in [1.165, 1.54) is 25.0 Å². The van der Waals surface area contributed by atoms with Gasteiger partial charge in [0.15, 0.2) is 0 Å². The normalized spacial score (nSPS) is 24.2. The minimum Gasteiger partial charge on any atom is -0.309 e. The smallest absolute Gasteiger partial charge is 0.126 e. The van der Waals surface area contributed by atoms with Gasteiger partial charge in [0.1, 0.15) is 11.6 Å². The monoisotopic (exact) mass is 257 g/mol. The van der Waals surface area contributed by atoms with Crippen molar-refractivity contribution in [1.82, 2.24) is 5.32 Å². The van der Waals surface area contributed by atoms with Crippen molar-refractivity contribution in [1.29, 1.82) is 0 Å². The van der Waals surface area contributed by atoms with Crippen LogP contribution in [0.2, 0.25) is 0 Å². The molecule has 1 fully saturated rings. The van der Waals surface area contributed by atoms with E-state index in [0.29, 0.717) is 23.4 Å². The molecule has 0 heterocycles. The largest absolute Gasteiger partial charge is 0.309 e. The standard InChI is InChI=1S/C13H17F2NS/c1-17-13-4-2-3-12(13)16-8-9-5-10(14)7-11(15)6-9/h5-7,12-13,16H,2-4,8H2,1H3. The molecule has 4 heteroatoms. The Morgan fingerprint density at radius 2 is 1.94 bits per heavy atom. The highest BCUT2D eigenvalue weighted by molar-refractivity contribution is 7.99. The van der Waals surface area contributed by atoms with Crippen LogP contribution in [0.1, 0.15) is 24.8 Å². The Kier molecular flexibility index (Phi) is 4.40. The molecule has 0 aromatic heterocycles. The second-order valence-electron chi connectivity index (χ2n) is 4.47. The molecule has 2 unspecified atom stereocenters. The van der Waals surface area contributed by atoms with Crippen LogP contribution >= 0.6 is 11.8 Å². The second kappa shape index (κ2) is 5.83. The van der Waals surface area contributed by atoms with Crippen molar-refractivity contribution < 1.29 is 8.78 Å². The molecule has 1 aliphatic carbocycles. The summed E-state index contributed by atoms with van der Waals surface area (Å²) in [7, 11) is 0. The van der Waals surface area contributed by atoms with Crippen molar-refractivity contribution in [2.45, 2.75) is 37.1 Å². The van der Waals surface area contributed by atoms with Crippen LogP contribution in [0.5, 0.6) is 0 Å². The lowest BCUT2D eigenvalue weighted by Crippen LogP contribution is -2.33. The summed E-state index contributed by atoms with van der Waals surface area (Å²) in [6, 6.07) is 4.15. The van der Waals surface area contributed by atoms with Gasteiger partial charge in [0.2, 0.25) is 0 Å². The zero-order valence-electron chi connectivity index (χ0n) is 9.88. The van der Waals surface area contributed by atoms with Gasteiger partial charge in [0.05, 0.1) is 0 Å². The van der Waals surface area contributed by atoms with Gasteiger partial charge in [0, 0.05) is 23.9 Å². The maximum absolute atomic E-state index is 13.0. The molecule has 0 spiro atoms. The molecule has 2 atom stereocenters. The summed E-state index contributed by atoms with van der Waals surface area (Å²) in [5, 5.41) is 4.03. The lowest BCUT2D eigenvalue weighted by molar-refractivity contribution is 0.525. The highest BCUT2D eigenvalue weighted by Crippen LogP contribution is 2.28. The highest BCUT2D eigenvalue weighted by Gasteiger charge is 2.25. The van der Waals surface area contributed by atoms with Crippen molar-refractivity contribution in [3.63, 3.8) is 0 Å². The molecule has 0 aliphatic heterocycles. The fraction of sp³-hybridized carbons (Fsp3) is 0.538. The Morgan fingerprint density at radius 3 is 2.59 bits per heavy atom. The summed E-state index contributed by atoms with van der Waals surface area (Å²) in [6.07, 6.45) is 5.74. The van der Waals surface area contributed by atoms with Gasteiger partial charge < -0.3 is 5.32 Å². The maximum atomic E-state index is 13.0. The Balaban J connectivity index is 1.93.